The number of rotatable bonds is 2. The highest BCUT2D eigenvalue weighted by atomic mass is 35.5. The van der Waals surface area contributed by atoms with Crippen LogP contribution in [-0.2, 0) is 4.79 Å². The van der Waals surface area contributed by atoms with E-state index >= 15 is 0 Å². The second-order valence-corrected chi connectivity index (χ2v) is 3.10. The van der Waals surface area contributed by atoms with E-state index in [1.165, 1.54) is 6.42 Å². The molecule has 1 rings (SSSR count). The summed E-state index contributed by atoms with van der Waals surface area (Å²) >= 11 is 5.24. The SMILES string of the molecule is O=C(Cl)CC1C=CCCC1. The first-order chi connectivity index (χ1) is 4.79. The zero-order valence-electron chi connectivity index (χ0n) is 5.85. The van der Waals surface area contributed by atoms with Crippen LogP contribution in [0.1, 0.15) is 25.7 Å². The van der Waals surface area contributed by atoms with Crippen LogP contribution in [0.3, 0.4) is 0 Å². The van der Waals surface area contributed by atoms with Crippen molar-refractivity contribution in [1.82, 2.24) is 0 Å². The molecule has 0 amide bonds. The second-order valence-electron chi connectivity index (χ2n) is 2.68. The average Bonchev–Trinajstić information content (AvgIpc) is 1.88. The number of carbonyl (C=O) groups is 1. The molecule has 1 aliphatic rings. The maximum Gasteiger partial charge on any atom is 0.222 e. The van der Waals surface area contributed by atoms with Crippen molar-refractivity contribution in [2.75, 3.05) is 0 Å². The molecular weight excluding hydrogens is 148 g/mol. The topological polar surface area (TPSA) is 17.1 Å². The minimum absolute atomic E-state index is 0.212. The molecule has 0 heterocycles. The summed E-state index contributed by atoms with van der Waals surface area (Å²) in [6, 6.07) is 0. The van der Waals surface area contributed by atoms with Gasteiger partial charge in [0.05, 0.1) is 0 Å². The van der Waals surface area contributed by atoms with Gasteiger partial charge in [-0.25, -0.2) is 0 Å². The molecule has 1 atom stereocenters. The fourth-order valence-corrected chi connectivity index (χ4v) is 1.46. The molecule has 0 aromatic carbocycles. The molecule has 1 unspecified atom stereocenters. The summed E-state index contributed by atoms with van der Waals surface area (Å²) < 4.78 is 0. The van der Waals surface area contributed by atoms with Crippen LogP contribution in [0.5, 0.6) is 0 Å². The first-order valence-electron chi connectivity index (χ1n) is 3.64. The van der Waals surface area contributed by atoms with E-state index in [4.69, 9.17) is 11.6 Å². The van der Waals surface area contributed by atoms with Gasteiger partial charge in [0, 0.05) is 6.42 Å². The zero-order valence-corrected chi connectivity index (χ0v) is 6.60. The zero-order chi connectivity index (χ0) is 7.40. The third-order valence-electron chi connectivity index (χ3n) is 1.78. The lowest BCUT2D eigenvalue weighted by atomic mass is 9.94. The number of hydrogen-bond donors (Lipinski definition) is 0. The Bertz CT molecular complexity index is 151. The number of carbonyl (C=O) groups excluding carboxylic acids is 1. The largest absolute Gasteiger partial charge is 0.281 e. The maximum atomic E-state index is 10.4. The van der Waals surface area contributed by atoms with Crippen LogP contribution in [0.25, 0.3) is 0 Å². The second kappa shape index (κ2) is 3.77. The van der Waals surface area contributed by atoms with E-state index in [2.05, 4.69) is 12.2 Å². The van der Waals surface area contributed by atoms with Crippen molar-refractivity contribution >= 4 is 16.8 Å². The molecule has 0 bridgehead atoms. The first kappa shape index (κ1) is 7.80. The lowest BCUT2D eigenvalue weighted by Crippen LogP contribution is -2.03. The molecule has 0 fully saturated rings. The number of allylic oxidation sites excluding steroid dienone is 2. The summed E-state index contributed by atoms with van der Waals surface area (Å²) in [5.41, 5.74) is 0. The minimum atomic E-state index is -0.212. The maximum absolute atomic E-state index is 10.4. The summed E-state index contributed by atoms with van der Waals surface area (Å²) in [6.07, 6.45) is 8.23. The lowest BCUT2D eigenvalue weighted by Gasteiger charge is -2.12. The predicted octanol–water partition coefficient (Wildman–Crippen LogP) is 2.50. The Morgan fingerprint density at radius 3 is 3.00 bits per heavy atom. The summed E-state index contributed by atoms with van der Waals surface area (Å²) in [4.78, 5) is 10.4. The molecule has 0 radical (unpaired) electrons. The van der Waals surface area contributed by atoms with Crippen molar-refractivity contribution in [3.63, 3.8) is 0 Å². The van der Waals surface area contributed by atoms with Crippen molar-refractivity contribution < 1.29 is 4.79 Å². The third-order valence-corrected chi connectivity index (χ3v) is 1.93. The van der Waals surface area contributed by atoms with Gasteiger partial charge in [-0.1, -0.05) is 12.2 Å². The van der Waals surface area contributed by atoms with Gasteiger partial charge in [-0.3, -0.25) is 4.79 Å². The summed E-state index contributed by atoms with van der Waals surface area (Å²) in [6.45, 7) is 0. The smallest absolute Gasteiger partial charge is 0.222 e. The van der Waals surface area contributed by atoms with Crippen LogP contribution >= 0.6 is 11.6 Å². The molecule has 2 heteroatoms. The Balaban J connectivity index is 2.33. The van der Waals surface area contributed by atoms with Crippen molar-refractivity contribution in [3.8, 4) is 0 Å². The van der Waals surface area contributed by atoms with Gasteiger partial charge in [0.25, 0.3) is 0 Å². The molecule has 0 spiro atoms. The van der Waals surface area contributed by atoms with Crippen molar-refractivity contribution in [1.29, 1.82) is 0 Å². The van der Waals surface area contributed by atoms with E-state index in [0.29, 0.717) is 12.3 Å². The van der Waals surface area contributed by atoms with Gasteiger partial charge in [0.15, 0.2) is 0 Å². The Hall–Kier alpha value is -0.300. The van der Waals surface area contributed by atoms with E-state index in [0.717, 1.165) is 12.8 Å². The normalized spacial score (nSPS) is 24.7. The average molecular weight is 159 g/mol. The fourth-order valence-electron chi connectivity index (χ4n) is 1.26. The molecule has 0 saturated carbocycles. The minimum Gasteiger partial charge on any atom is -0.281 e. The van der Waals surface area contributed by atoms with Gasteiger partial charge in [0.2, 0.25) is 5.24 Å². The third kappa shape index (κ3) is 2.53. The summed E-state index contributed by atoms with van der Waals surface area (Å²) in [7, 11) is 0. The van der Waals surface area contributed by atoms with Gasteiger partial charge >= 0.3 is 0 Å². The first-order valence-corrected chi connectivity index (χ1v) is 4.02. The van der Waals surface area contributed by atoms with Crippen LogP contribution in [0, 0.1) is 5.92 Å². The number of hydrogen-bond acceptors (Lipinski definition) is 1. The number of halogens is 1. The highest BCUT2D eigenvalue weighted by Crippen LogP contribution is 2.20. The molecule has 0 aromatic heterocycles. The summed E-state index contributed by atoms with van der Waals surface area (Å²) in [5, 5.41) is -0.212. The molecule has 56 valence electrons. The van der Waals surface area contributed by atoms with Gasteiger partial charge in [-0.2, -0.15) is 0 Å². The van der Waals surface area contributed by atoms with E-state index in [-0.39, 0.29) is 5.24 Å². The standard InChI is InChI=1S/C8H11ClO/c9-8(10)6-7-4-2-1-3-5-7/h2,4,7H,1,3,5-6H2. The molecule has 0 N–H and O–H groups in total. The Kier molecular flexibility index (Phi) is 2.94. The van der Waals surface area contributed by atoms with Gasteiger partial charge in [-0.05, 0) is 36.8 Å². The van der Waals surface area contributed by atoms with E-state index in [9.17, 15) is 4.79 Å². The molecule has 10 heavy (non-hydrogen) atoms. The predicted molar refractivity (Wildman–Crippen MR) is 42.0 cm³/mol. The van der Waals surface area contributed by atoms with Crippen LogP contribution in [0.4, 0.5) is 0 Å². The summed E-state index contributed by atoms with van der Waals surface area (Å²) in [5.74, 6) is 0.416. The molecule has 0 aromatic rings. The quantitative estimate of drug-likeness (QED) is 0.446. The van der Waals surface area contributed by atoms with Crippen LogP contribution in [0.15, 0.2) is 12.2 Å². The molecule has 1 aliphatic carbocycles. The van der Waals surface area contributed by atoms with Gasteiger partial charge < -0.3 is 0 Å². The Labute approximate surface area is 66.1 Å². The molecule has 0 aliphatic heterocycles. The van der Waals surface area contributed by atoms with Gasteiger partial charge in [0.1, 0.15) is 0 Å². The monoisotopic (exact) mass is 158 g/mol. The van der Waals surface area contributed by atoms with Crippen molar-refractivity contribution in [2.24, 2.45) is 5.92 Å². The van der Waals surface area contributed by atoms with Crippen LogP contribution in [0.2, 0.25) is 0 Å². The highest BCUT2D eigenvalue weighted by molar-refractivity contribution is 6.63. The lowest BCUT2D eigenvalue weighted by molar-refractivity contribution is -0.112. The van der Waals surface area contributed by atoms with E-state index < -0.39 is 0 Å². The fraction of sp³-hybridized carbons (Fsp3) is 0.625. The van der Waals surface area contributed by atoms with Crippen molar-refractivity contribution in [2.45, 2.75) is 25.7 Å². The Morgan fingerprint density at radius 2 is 2.50 bits per heavy atom. The molecule has 0 saturated heterocycles. The van der Waals surface area contributed by atoms with E-state index in [1.54, 1.807) is 0 Å². The molecule has 1 nitrogen and oxygen atoms in total. The van der Waals surface area contributed by atoms with E-state index in [1.807, 2.05) is 0 Å². The molecular formula is C8H11ClO. The Morgan fingerprint density at radius 1 is 1.70 bits per heavy atom. The van der Waals surface area contributed by atoms with Crippen LogP contribution < -0.4 is 0 Å². The van der Waals surface area contributed by atoms with Crippen molar-refractivity contribution in [3.05, 3.63) is 12.2 Å². The van der Waals surface area contributed by atoms with Crippen LogP contribution in [-0.4, -0.2) is 5.24 Å². The highest BCUT2D eigenvalue weighted by Gasteiger charge is 2.10. The van der Waals surface area contributed by atoms with Gasteiger partial charge in [-0.15, -0.1) is 0 Å².